The van der Waals surface area contributed by atoms with Crippen LogP contribution in [0.4, 0.5) is 0 Å². The molecule has 4 saturated carbocycles. The van der Waals surface area contributed by atoms with Crippen LogP contribution in [-0.4, -0.2) is 35.2 Å². The molecule has 0 N–H and O–H groups in total. The Labute approximate surface area is 151 Å². The molecule has 4 nitrogen and oxygen atoms in total. The Bertz CT molecular complexity index is 616. The molecule has 2 atom stereocenters. The molecule has 4 heteroatoms. The highest BCUT2D eigenvalue weighted by atomic mass is 16.5. The first kappa shape index (κ1) is 16.3. The summed E-state index contributed by atoms with van der Waals surface area (Å²) < 4.78 is 14.6. The molecule has 0 aromatic carbocycles. The SMILES string of the molecule is CC12CC3(C)CC(OCC4CCOCC4)(C1)CC(n1cccn1)(C2)C3. The quantitative estimate of drug-likeness (QED) is 0.823. The van der Waals surface area contributed by atoms with Crippen LogP contribution in [0.2, 0.25) is 0 Å². The van der Waals surface area contributed by atoms with Crippen molar-refractivity contribution in [2.45, 2.75) is 76.4 Å². The van der Waals surface area contributed by atoms with Gasteiger partial charge in [-0.1, -0.05) is 13.8 Å². The van der Waals surface area contributed by atoms with Gasteiger partial charge < -0.3 is 9.47 Å². The predicted molar refractivity (Wildman–Crippen MR) is 96.3 cm³/mol. The Morgan fingerprint density at radius 3 is 2.40 bits per heavy atom. The van der Waals surface area contributed by atoms with Gasteiger partial charge in [0, 0.05) is 32.0 Å². The van der Waals surface area contributed by atoms with Crippen molar-refractivity contribution < 1.29 is 9.47 Å². The summed E-state index contributed by atoms with van der Waals surface area (Å²) in [6.45, 7) is 7.76. The molecular weight excluding hydrogens is 312 g/mol. The van der Waals surface area contributed by atoms with E-state index in [1.165, 1.54) is 32.1 Å². The van der Waals surface area contributed by atoms with Crippen molar-refractivity contribution in [3.8, 4) is 0 Å². The summed E-state index contributed by atoms with van der Waals surface area (Å²) in [4.78, 5) is 0. The van der Waals surface area contributed by atoms with E-state index in [0.29, 0.717) is 16.7 Å². The Morgan fingerprint density at radius 1 is 1.04 bits per heavy atom. The van der Waals surface area contributed by atoms with Crippen LogP contribution in [0, 0.1) is 16.7 Å². The molecule has 5 aliphatic rings. The number of ether oxygens (including phenoxy) is 2. The maximum atomic E-state index is 6.84. The fourth-order valence-electron chi connectivity index (χ4n) is 7.68. The molecule has 5 fully saturated rings. The van der Waals surface area contributed by atoms with E-state index in [2.05, 4.69) is 30.8 Å². The van der Waals surface area contributed by atoms with Crippen LogP contribution in [0.3, 0.4) is 0 Å². The van der Waals surface area contributed by atoms with Gasteiger partial charge in [0.2, 0.25) is 0 Å². The summed E-state index contributed by atoms with van der Waals surface area (Å²) in [5.74, 6) is 0.683. The fraction of sp³-hybridized carbons (Fsp3) is 0.857. The van der Waals surface area contributed by atoms with Crippen LogP contribution >= 0.6 is 0 Å². The summed E-state index contributed by atoms with van der Waals surface area (Å²) in [6, 6.07) is 2.08. The van der Waals surface area contributed by atoms with E-state index in [9.17, 15) is 0 Å². The molecule has 1 aliphatic heterocycles. The average Bonchev–Trinajstić information content (AvgIpc) is 3.06. The summed E-state index contributed by atoms with van der Waals surface area (Å²) >= 11 is 0. The molecule has 4 aliphatic carbocycles. The molecule has 138 valence electrons. The second kappa shape index (κ2) is 5.32. The van der Waals surface area contributed by atoms with E-state index in [1.807, 2.05) is 6.20 Å². The maximum absolute atomic E-state index is 6.84. The summed E-state index contributed by atoms with van der Waals surface area (Å²) in [5, 5.41) is 4.69. The molecule has 1 aromatic rings. The normalized spacial score (nSPS) is 46.6. The van der Waals surface area contributed by atoms with Crippen LogP contribution in [0.1, 0.15) is 65.2 Å². The van der Waals surface area contributed by atoms with Gasteiger partial charge in [0.1, 0.15) is 0 Å². The number of hydrogen-bond donors (Lipinski definition) is 0. The molecule has 0 amide bonds. The molecule has 1 saturated heterocycles. The molecule has 0 radical (unpaired) electrons. The van der Waals surface area contributed by atoms with Gasteiger partial charge in [-0.3, -0.25) is 4.68 Å². The number of aromatic nitrogens is 2. The van der Waals surface area contributed by atoms with Gasteiger partial charge in [0.05, 0.1) is 17.7 Å². The summed E-state index contributed by atoms with van der Waals surface area (Å²) in [5.41, 5.74) is 1.01. The van der Waals surface area contributed by atoms with Crippen molar-refractivity contribution in [3.05, 3.63) is 18.5 Å². The first-order chi connectivity index (χ1) is 11.9. The summed E-state index contributed by atoms with van der Waals surface area (Å²) in [7, 11) is 0. The zero-order chi connectivity index (χ0) is 17.2. The number of hydrogen-bond acceptors (Lipinski definition) is 3. The Balaban J connectivity index is 1.44. The van der Waals surface area contributed by atoms with Crippen LogP contribution < -0.4 is 0 Å². The second-order valence-electron chi connectivity index (χ2n) is 10.4. The average molecular weight is 344 g/mol. The summed E-state index contributed by atoms with van der Waals surface area (Å²) in [6.07, 6.45) is 14.0. The van der Waals surface area contributed by atoms with E-state index in [4.69, 9.17) is 14.6 Å². The topological polar surface area (TPSA) is 36.3 Å². The molecule has 1 aromatic heterocycles. The highest BCUT2D eigenvalue weighted by Crippen LogP contribution is 2.70. The Morgan fingerprint density at radius 2 is 1.76 bits per heavy atom. The number of nitrogens with zero attached hydrogens (tertiary/aromatic N) is 2. The van der Waals surface area contributed by atoms with Gasteiger partial charge in [-0.15, -0.1) is 0 Å². The van der Waals surface area contributed by atoms with Gasteiger partial charge in [0.15, 0.2) is 0 Å². The molecule has 4 bridgehead atoms. The van der Waals surface area contributed by atoms with Crippen LogP contribution in [0.15, 0.2) is 18.5 Å². The number of rotatable bonds is 4. The lowest BCUT2D eigenvalue weighted by molar-refractivity contribution is -0.245. The lowest BCUT2D eigenvalue weighted by Crippen LogP contribution is -2.66. The van der Waals surface area contributed by atoms with Gasteiger partial charge in [0.25, 0.3) is 0 Å². The molecule has 2 unspecified atom stereocenters. The lowest BCUT2D eigenvalue weighted by Gasteiger charge is -2.69. The van der Waals surface area contributed by atoms with Crippen molar-refractivity contribution in [3.63, 3.8) is 0 Å². The van der Waals surface area contributed by atoms with Crippen LogP contribution in [0.5, 0.6) is 0 Å². The lowest BCUT2D eigenvalue weighted by atomic mass is 9.41. The predicted octanol–water partition coefficient (Wildman–Crippen LogP) is 4.15. The Kier molecular flexibility index (Phi) is 3.47. The maximum Gasteiger partial charge on any atom is 0.0716 e. The Hall–Kier alpha value is -0.870. The highest BCUT2D eigenvalue weighted by molar-refractivity contribution is 5.19. The minimum atomic E-state index is 0.0580. The largest absolute Gasteiger partial charge is 0.381 e. The highest BCUT2D eigenvalue weighted by Gasteiger charge is 2.67. The van der Waals surface area contributed by atoms with Crippen molar-refractivity contribution in [2.24, 2.45) is 16.7 Å². The molecule has 0 spiro atoms. The molecular formula is C21H32N2O2. The van der Waals surface area contributed by atoms with Gasteiger partial charge in [-0.05, 0) is 67.8 Å². The van der Waals surface area contributed by atoms with Crippen LogP contribution in [-0.2, 0) is 15.0 Å². The van der Waals surface area contributed by atoms with E-state index >= 15 is 0 Å². The van der Waals surface area contributed by atoms with Gasteiger partial charge in [-0.2, -0.15) is 5.10 Å². The molecule has 6 rings (SSSR count). The van der Waals surface area contributed by atoms with E-state index in [0.717, 1.165) is 39.1 Å². The zero-order valence-electron chi connectivity index (χ0n) is 15.8. The molecule has 2 heterocycles. The van der Waals surface area contributed by atoms with E-state index in [1.54, 1.807) is 0 Å². The first-order valence-electron chi connectivity index (χ1n) is 10.1. The third-order valence-corrected chi connectivity index (χ3v) is 7.47. The van der Waals surface area contributed by atoms with E-state index in [-0.39, 0.29) is 11.1 Å². The zero-order valence-corrected chi connectivity index (χ0v) is 15.8. The van der Waals surface area contributed by atoms with Crippen molar-refractivity contribution in [1.29, 1.82) is 0 Å². The standard InChI is InChI=1S/C21H32N2O2/c1-18-11-19(2)13-20(12-18,23-7-3-6-22-23)16-21(14-18,15-19)25-10-17-4-8-24-9-5-17/h3,6-7,17H,4-5,8-16H2,1-2H3. The minimum absolute atomic E-state index is 0.0580. The van der Waals surface area contributed by atoms with Crippen LogP contribution in [0.25, 0.3) is 0 Å². The second-order valence-corrected chi connectivity index (χ2v) is 10.4. The smallest absolute Gasteiger partial charge is 0.0716 e. The van der Waals surface area contributed by atoms with Gasteiger partial charge in [-0.25, -0.2) is 0 Å². The first-order valence-corrected chi connectivity index (χ1v) is 10.1. The van der Waals surface area contributed by atoms with Crippen molar-refractivity contribution in [1.82, 2.24) is 9.78 Å². The fourth-order valence-corrected chi connectivity index (χ4v) is 7.68. The molecule has 25 heavy (non-hydrogen) atoms. The van der Waals surface area contributed by atoms with Crippen molar-refractivity contribution >= 4 is 0 Å². The van der Waals surface area contributed by atoms with Crippen molar-refractivity contribution in [2.75, 3.05) is 19.8 Å². The minimum Gasteiger partial charge on any atom is -0.381 e. The van der Waals surface area contributed by atoms with Gasteiger partial charge >= 0.3 is 0 Å². The third kappa shape index (κ3) is 2.68. The van der Waals surface area contributed by atoms with E-state index < -0.39 is 0 Å². The third-order valence-electron chi connectivity index (χ3n) is 7.47. The monoisotopic (exact) mass is 344 g/mol.